The molecule has 2 N–H and O–H groups in total. The number of likely N-dealkylation sites (N-methyl/N-ethyl adjacent to an activating group) is 1. The molecule has 1 heterocycles. The number of benzene rings is 3. The summed E-state index contributed by atoms with van der Waals surface area (Å²) in [5.41, 5.74) is 5.88. The summed E-state index contributed by atoms with van der Waals surface area (Å²) in [6.07, 6.45) is 0. The summed E-state index contributed by atoms with van der Waals surface area (Å²) < 4.78 is 2.08. The molecule has 6 nitrogen and oxygen atoms in total. The Labute approximate surface area is 181 Å². The monoisotopic (exact) mass is 409 g/mol. The molecule has 4 rings (SSSR count). The van der Waals surface area contributed by atoms with Gasteiger partial charge in [0.05, 0.1) is 22.7 Å². The van der Waals surface area contributed by atoms with Crippen LogP contribution in [0.5, 0.6) is 0 Å². The van der Waals surface area contributed by atoms with Crippen molar-refractivity contribution in [3.8, 4) is 23.1 Å². The van der Waals surface area contributed by atoms with Gasteiger partial charge in [-0.15, -0.1) is 0 Å². The Morgan fingerprint density at radius 1 is 1.03 bits per heavy atom. The number of fused-ring (bicyclic) bond motifs is 1. The molecule has 0 aliphatic rings. The number of hydrogen-bond acceptors (Lipinski definition) is 4. The second kappa shape index (κ2) is 8.82. The van der Waals surface area contributed by atoms with Crippen LogP contribution in [0, 0.1) is 18.3 Å². The van der Waals surface area contributed by atoms with Crippen LogP contribution in [0.2, 0.25) is 0 Å². The molecule has 0 bridgehead atoms. The van der Waals surface area contributed by atoms with Crippen LogP contribution in [-0.2, 0) is 0 Å². The van der Waals surface area contributed by atoms with E-state index in [-0.39, 0.29) is 5.91 Å². The van der Waals surface area contributed by atoms with E-state index < -0.39 is 0 Å². The lowest BCUT2D eigenvalue weighted by Gasteiger charge is -2.10. The van der Waals surface area contributed by atoms with Crippen LogP contribution in [0.1, 0.15) is 21.5 Å². The van der Waals surface area contributed by atoms with Crippen LogP contribution in [-0.4, -0.2) is 35.6 Å². The first-order valence-electron chi connectivity index (χ1n) is 10.1. The third kappa shape index (κ3) is 4.18. The number of nitrogens with one attached hydrogen (secondary N) is 2. The maximum atomic E-state index is 12.5. The van der Waals surface area contributed by atoms with E-state index >= 15 is 0 Å². The third-order valence-corrected chi connectivity index (χ3v) is 5.14. The number of carbonyl (C=O) groups excluding carboxylic acids is 1. The topological polar surface area (TPSA) is 82.7 Å². The van der Waals surface area contributed by atoms with Gasteiger partial charge in [-0.25, -0.2) is 4.98 Å². The molecular weight excluding hydrogens is 386 g/mol. The van der Waals surface area contributed by atoms with Crippen molar-refractivity contribution in [3.63, 3.8) is 0 Å². The van der Waals surface area contributed by atoms with Crippen molar-refractivity contribution in [2.45, 2.75) is 6.92 Å². The van der Waals surface area contributed by atoms with Gasteiger partial charge in [-0.2, -0.15) is 5.26 Å². The zero-order chi connectivity index (χ0) is 21.8. The molecule has 0 aliphatic carbocycles. The van der Waals surface area contributed by atoms with Gasteiger partial charge in [0, 0.05) is 29.9 Å². The first kappa shape index (κ1) is 20.3. The Kier molecular flexibility index (Phi) is 5.78. The van der Waals surface area contributed by atoms with Gasteiger partial charge in [-0.05, 0) is 68.6 Å². The van der Waals surface area contributed by atoms with E-state index in [1.807, 2.05) is 37.4 Å². The molecule has 3 aromatic carbocycles. The number of amides is 1. The van der Waals surface area contributed by atoms with Crippen molar-refractivity contribution in [2.24, 2.45) is 0 Å². The lowest BCUT2D eigenvalue weighted by atomic mass is 10.1. The Morgan fingerprint density at radius 3 is 2.45 bits per heavy atom. The Balaban J connectivity index is 1.83. The lowest BCUT2D eigenvalue weighted by Crippen LogP contribution is -2.30. The van der Waals surface area contributed by atoms with Crippen LogP contribution in [0.4, 0.5) is 0 Å². The number of carbonyl (C=O) groups is 1. The summed E-state index contributed by atoms with van der Waals surface area (Å²) in [5.74, 6) is 0.637. The van der Waals surface area contributed by atoms with E-state index in [1.54, 1.807) is 12.1 Å². The van der Waals surface area contributed by atoms with Crippen molar-refractivity contribution < 1.29 is 4.79 Å². The van der Waals surface area contributed by atoms with Gasteiger partial charge in [0.15, 0.2) is 0 Å². The van der Waals surface area contributed by atoms with Gasteiger partial charge in [0.25, 0.3) is 5.91 Å². The molecule has 1 aromatic heterocycles. The summed E-state index contributed by atoms with van der Waals surface area (Å²) >= 11 is 0. The van der Waals surface area contributed by atoms with Crippen molar-refractivity contribution in [2.75, 3.05) is 20.1 Å². The number of aryl methyl sites for hydroxylation is 1. The fourth-order valence-electron chi connectivity index (χ4n) is 3.47. The normalized spacial score (nSPS) is 10.7. The predicted octanol–water partition coefficient (Wildman–Crippen LogP) is 3.82. The summed E-state index contributed by atoms with van der Waals surface area (Å²) in [5, 5.41) is 15.0. The van der Waals surface area contributed by atoms with Crippen LogP contribution in [0.3, 0.4) is 0 Å². The van der Waals surface area contributed by atoms with Crippen LogP contribution in [0.15, 0.2) is 66.7 Å². The molecule has 0 saturated heterocycles. The highest BCUT2D eigenvalue weighted by Gasteiger charge is 2.16. The smallest absolute Gasteiger partial charge is 0.251 e. The number of imidazole rings is 1. The molecule has 0 aliphatic heterocycles. The third-order valence-electron chi connectivity index (χ3n) is 5.14. The average molecular weight is 409 g/mol. The highest BCUT2D eigenvalue weighted by molar-refractivity contribution is 5.98. The Bertz CT molecular complexity index is 1260. The fraction of sp³-hybridized carbons (Fsp3) is 0.160. The Morgan fingerprint density at radius 2 is 1.77 bits per heavy atom. The summed E-state index contributed by atoms with van der Waals surface area (Å²) in [7, 11) is 1.85. The lowest BCUT2D eigenvalue weighted by molar-refractivity contribution is 0.0954. The van der Waals surface area contributed by atoms with Crippen molar-refractivity contribution in [3.05, 3.63) is 83.4 Å². The number of aromatic nitrogens is 2. The van der Waals surface area contributed by atoms with Gasteiger partial charge in [-0.1, -0.05) is 17.7 Å². The zero-order valence-electron chi connectivity index (χ0n) is 17.5. The number of hydrogen-bond donors (Lipinski definition) is 2. The van der Waals surface area contributed by atoms with Crippen LogP contribution >= 0.6 is 0 Å². The second-order valence-electron chi connectivity index (χ2n) is 7.36. The molecule has 0 spiro atoms. The van der Waals surface area contributed by atoms with E-state index in [0.29, 0.717) is 24.2 Å². The Hall–Kier alpha value is -3.95. The van der Waals surface area contributed by atoms with Gasteiger partial charge < -0.3 is 10.6 Å². The van der Waals surface area contributed by atoms with E-state index in [0.717, 1.165) is 28.1 Å². The first-order chi connectivity index (χ1) is 15.1. The standard InChI is InChI=1S/C25H23N5O/c1-17-3-10-21(11-4-17)30-23-12-9-20(25(31)28-14-13-27-2)15-22(23)29-24(30)19-7-5-18(16-26)6-8-19/h3-12,15,27H,13-14H2,1-2H3,(H,28,31). The minimum atomic E-state index is -0.123. The molecule has 0 radical (unpaired) electrons. The molecule has 154 valence electrons. The highest BCUT2D eigenvalue weighted by Crippen LogP contribution is 2.29. The zero-order valence-corrected chi connectivity index (χ0v) is 17.5. The van der Waals surface area contributed by atoms with Gasteiger partial charge in [0.1, 0.15) is 5.82 Å². The largest absolute Gasteiger partial charge is 0.351 e. The summed E-state index contributed by atoms with van der Waals surface area (Å²) in [6.45, 7) is 3.32. The molecular formula is C25H23N5O. The van der Waals surface area contributed by atoms with Crippen LogP contribution in [0.25, 0.3) is 28.1 Å². The maximum Gasteiger partial charge on any atom is 0.251 e. The SMILES string of the molecule is CNCCNC(=O)c1ccc2c(c1)nc(-c1ccc(C#N)cc1)n2-c1ccc(C)cc1. The average Bonchev–Trinajstić information content (AvgIpc) is 3.18. The van der Waals surface area contributed by atoms with E-state index in [2.05, 4.69) is 52.5 Å². The number of rotatable bonds is 6. The van der Waals surface area contributed by atoms with Gasteiger partial charge in [-0.3, -0.25) is 9.36 Å². The summed E-state index contributed by atoms with van der Waals surface area (Å²) in [4.78, 5) is 17.4. The molecule has 0 atom stereocenters. The van der Waals surface area contributed by atoms with Crippen molar-refractivity contribution in [1.82, 2.24) is 20.2 Å². The molecule has 1 amide bonds. The molecule has 6 heteroatoms. The fourth-order valence-corrected chi connectivity index (χ4v) is 3.47. The van der Waals surface area contributed by atoms with Gasteiger partial charge >= 0.3 is 0 Å². The number of nitriles is 1. The molecule has 31 heavy (non-hydrogen) atoms. The second-order valence-corrected chi connectivity index (χ2v) is 7.36. The first-order valence-corrected chi connectivity index (χ1v) is 10.1. The van der Waals surface area contributed by atoms with E-state index in [9.17, 15) is 4.79 Å². The molecule has 0 fully saturated rings. The summed E-state index contributed by atoms with van der Waals surface area (Å²) in [6, 6.07) is 23.3. The van der Waals surface area contributed by atoms with Crippen molar-refractivity contribution >= 4 is 16.9 Å². The maximum absolute atomic E-state index is 12.5. The minimum absolute atomic E-state index is 0.123. The van der Waals surface area contributed by atoms with Crippen LogP contribution < -0.4 is 10.6 Å². The van der Waals surface area contributed by atoms with Crippen molar-refractivity contribution in [1.29, 1.82) is 5.26 Å². The van der Waals surface area contributed by atoms with Gasteiger partial charge in [0.2, 0.25) is 0 Å². The minimum Gasteiger partial charge on any atom is -0.351 e. The quantitative estimate of drug-likeness (QED) is 0.474. The molecule has 4 aromatic rings. The number of nitrogens with zero attached hydrogens (tertiary/aromatic N) is 3. The van der Waals surface area contributed by atoms with E-state index in [4.69, 9.17) is 10.2 Å². The highest BCUT2D eigenvalue weighted by atomic mass is 16.1. The molecule has 0 unspecified atom stereocenters. The predicted molar refractivity (Wildman–Crippen MR) is 122 cm³/mol. The molecule has 0 saturated carbocycles. The van der Waals surface area contributed by atoms with E-state index in [1.165, 1.54) is 5.56 Å².